The number of rotatable bonds is 3. The molecule has 0 saturated heterocycles. The summed E-state index contributed by atoms with van der Waals surface area (Å²) in [7, 11) is 0. The molecule has 0 aromatic carbocycles. The number of hydrogen-bond donors (Lipinski definition) is 1. The van der Waals surface area contributed by atoms with E-state index in [2.05, 4.69) is 42.2 Å². The fourth-order valence-corrected chi connectivity index (χ4v) is 2.04. The molecule has 2 aromatic rings. The summed E-state index contributed by atoms with van der Waals surface area (Å²) in [6.45, 7) is 9.48. The minimum atomic E-state index is -0.0850. The van der Waals surface area contributed by atoms with E-state index in [4.69, 9.17) is 5.73 Å². The van der Waals surface area contributed by atoms with E-state index in [1.54, 1.807) is 0 Å². The Morgan fingerprint density at radius 2 is 2.11 bits per heavy atom. The van der Waals surface area contributed by atoms with Gasteiger partial charge in [0, 0.05) is 12.7 Å². The zero-order valence-corrected chi connectivity index (χ0v) is 11.6. The molecule has 1 atom stereocenters. The highest BCUT2D eigenvalue weighted by molar-refractivity contribution is 5.71. The van der Waals surface area contributed by atoms with E-state index >= 15 is 0 Å². The predicted molar refractivity (Wildman–Crippen MR) is 74.2 cm³/mol. The van der Waals surface area contributed by atoms with Crippen LogP contribution in [0.2, 0.25) is 0 Å². The van der Waals surface area contributed by atoms with Crippen LogP contribution in [0.15, 0.2) is 18.3 Å². The molecule has 2 rings (SSSR count). The molecule has 2 aromatic heterocycles. The average Bonchev–Trinajstić information content (AvgIpc) is 2.67. The lowest BCUT2D eigenvalue weighted by Crippen LogP contribution is -2.29. The number of hydrogen-bond acceptors (Lipinski definition) is 3. The lowest BCUT2D eigenvalue weighted by atomic mass is 9.87. The Kier molecular flexibility index (Phi) is 3.39. The van der Waals surface area contributed by atoms with Gasteiger partial charge in [-0.2, -0.15) is 0 Å². The molecule has 98 valence electrons. The molecule has 4 nitrogen and oxygen atoms in total. The SMILES string of the molecule is CCCn1c(C(N)C(C)(C)C)nc2cccnc21. The van der Waals surface area contributed by atoms with Crippen LogP contribution in [0.25, 0.3) is 11.2 Å². The van der Waals surface area contributed by atoms with Gasteiger partial charge in [0.15, 0.2) is 5.65 Å². The van der Waals surface area contributed by atoms with Crippen LogP contribution >= 0.6 is 0 Å². The maximum absolute atomic E-state index is 6.36. The van der Waals surface area contributed by atoms with Gasteiger partial charge in [0.25, 0.3) is 0 Å². The quantitative estimate of drug-likeness (QED) is 0.906. The molecular weight excluding hydrogens is 224 g/mol. The lowest BCUT2D eigenvalue weighted by Gasteiger charge is -2.27. The molecule has 0 amide bonds. The third-order valence-electron chi connectivity index (χ3n) is 3.19. The molecule has 0 aliphatic heterocycles. The van der Waals surface area contributed by atoms with Crippen LogP contribution in [0.3, 0.4) is 0 Å². The lowest BCUT2D eigenvalue weighted by molar-refractivity contribution is 0.308. The Balaban J connectivity index is 2.59. The number of fused-ring (bicyclic) bond motifs is 1. The molecule has 0 spiro atoms. The predicted octanol–water partition coefficient (Wildman–Crippen LogP) is 2.89. The summed E-state index contributed by atoms with van der Waals surface area (Å²) in [5.74, 6) is 0.943. The summed E-state index contributed by atoms with van der Waals surface area (Å²) in [6, 6.07) is 3.82. The zero-order valence-electron chi connectivity index (χ0n) is 11.6. The Morgan fingerprint density at radius 3 is 2.72 bits per heavy atom. The van der Waals surface area contributed by atoms with Crippen molar-refractivity contribution in [1.82, 2.24) is 14.5 Å². The number of aryl methyl sites for hydroxylation is 1. The van der Waals surface area contributed by atoms with E-state index in [-0.39, 0.29) is 11.5 Å². The van der Waals surface area contributed by atoms with Crippen molar-refractivity contribution in [1.29, 1.82) is 0 Å². The highest BCUT2D eigenvalue weighted by atomic mass is 15.1. The van der Waals surface area contributed by atoms with Gasteiger partial charge in [-0.25, -0.2) is 9.97 Å². The van der Waals surface area contributed by atoms with Crippen molar-refractivity contribution in [2.45, 2.75) is 46.7 Å². The van der Waals surface area contributed by atoms with Gasteiger partial charge in [-0.3, -0.25) is 0 Å². The Morgan fingerprint density at radius 1 is 1.39 bits per heavy atom. The van der Waals surface area contributed by atoms with E-state index in [1.807, 2.05) is 18.3 Å². The monoisotopic (exact) mass is 246 g/mol. The number of nitrogens with two attached hydrogens (primary N) is 1. The molecule has 2 N–H and O–H groups in total. The third kappa shape index (κ3) is 2.25. The standard InChI is InChI=1S/C14H22N4/c1-5-9-18-12-10(7-6-8-16-12)17-13(18)11(15)14(2,3)4/h6-8,11H,5,9,15H2,1-4H3. The second-order valence-corrected chi connectivity index (χ2v) is 5.81. The maximum atomic E-state index is 6.36. The molecule has 0 aliphatic rings. The van der Waals surface area contributed by atoms with Gasteiger partial charge in [-0.05, 0) is 24.0 Å². The minimum absolute atomic E-state index is 0.00708. The summed E-state index contributed by atoms with van der Waals surface area (Å²) < 4.78 is 2.16. The van der Waals surface area contributed by atoms with Crippen molar-refractivity contribution in [2.75, 3.05) is 0 Å². The van der Waals surface area contributed by atoms with Gasteiger partial charge in [-0.1, -0.05) is 27.7 Å². The van der Waals surface area contributed by atoms with Crippen molar-refractivity contribution in [3.05, 3.63) is 24.2 Å². The molecule has 2 heterocycles. The molecule has 0 saturated carbocycles. The Hall–Kier alpha value is -1.42. The van der Waals surface area contributed by atoms with E-state index in [0.717, 1.165) is 30.0 Å². The van der Waals surface area contributed by atoms with Crippen LogP contribution in [0.5, 0.6) is 0 Å². The number of imidazole rings is 1. The van der Waals surface area contributed by atoms with Crippen molar-refractivity contribution >= 4 is 11.2 Å². The van der Waals surface area contributed by atoms with E-state index in [1.165, 1.54) is 0 Å². The molecule has 0 radical (unpaired) electrons. The second-order valence-electron chi connectivity index (χ2n) is 5.81. The second kappa shape index (κ2) is 4.69. The molecule has 0 fully saturated rings. The molecule has 1 unspecified atom stereocenters. The fraction of sp³-hybridized carbons (Fsp3) is 0.571. The van der Waals surface area contributed by atoms with Gasteiger partial charge < -0.3 is 10.3 Å². The van der Waals surface area contributed by atoms with Gasteiger partial charge in [0.1, 0.15) is 11.3 Å². The summed E-state index contributed by atoms with van der Waals surface area (Å²) in [5.41, 5.74) is 8.22. The van der Waals surface area contributed by atoms with E-state index < -0.39 is 0 Å². The molecule has 0 bridgehead atoms. The fourth-order valence-electron chi connectivity index (χ4n) is 2.04. The molecular formula is C14H22N4. The summed E-state index contributed by atoms with van der Waals surface area (Å²) in [6.07, 6.45) is 2.86. The van der Waals surface area contributed by atoms with Crippen LogP contribution in [-0.2, 0) is 6.54 Å². The molecule has 4 heteroatoms. The average molecular weight is 246 g/mol. The van der Waals surface area contributed by atoms with Crippen molar-refractivity contribution in [3.63, 3.8) is 0 Å². The van der Waals surface area contributed by atoms with Crippen molar-refractivity contribution < 1.29 is 0 Å². The van der Waals surface area contributed by atoms with E-state index in [0.29, 0.717) is 0 Å². The Bertz CT molecular complexity index is 536. The summed E-state index contributed by atoms with van der Waals surface area (Å²) >= 11 is 0. The molecule has 0 aliphatic carbocycles. The van der Waals surface area contributed by atoms with Gasteiger partial charge >= 0.3 is 0 Å². The van der Waals surface area contributed by atoms with Crippen LogP contribution in [-0.4, -0.2) is 14.5 Å². The van der Waals surface area contributed by atoms with Crippen LogP contribution < -0.4 is 5.73 Å². The highest BCUT2D eigenvalue weighted by Crippen LogP contribution is 2.31. The number of nitrogens with zero attached hydrogens (tertiary/aromatic N) is 3. The van der Waals surface area contributed by atoms with E-state index in [9.17, 15) is 0 Å². The van der Waals surface area contributed by atoms with Crippen LogP contribution in [0, 0.1) is 5.41 Å². The Labute approximate surface area is 108 Å². The first-order valence-electron chi connectivity index (χ1n) is 6.52. The number of pyridine rings is 1. The van der Waals surface area contributed by atoms with Crippen molar-refractivity contribution in [3.8, 4) is 0 Å². The maximum Gasteiger partial charge on any atom is 0.160 e. The summed E-state index contributed by atoms with van der Waals surface area (Å²) in [5, 5.41) is 0. The van der Waals surface area contributed by atoms with Crippen LogP contribution in [0.1, 0.15) is 46.0 Å². The zero-order chi connectivity index (χ0) is 13.3. The first-order chi connectivity index (χ1) is 8.45. The normalized spacial score (nSPS) is 14.1. The van der Waals surface area contributed by atoms with Gasteiger partial charge in [-0.15, -0.1) is 0 Å². The van der Waals surface area contributed by atoms with Gasteiger partial charge in [0.2, 0.25) is 0 Å². The first kappa shape index (κ1) is 13.0. The summed E-state index contributed by atoms with van der Waals surface area (Å²) in [4.78, 5) is 9.10. The van der Waals surface area contributed by atoms with Crippen molar-refractivity contribution in [2.24, 2.45) is 11.1 Å². The number of aromatic nitrogens is 3. The van der Waals surface area contributed by atoms with Crippen LogP contribution in [0.4, 0.5) is 0 Å². The van der Waals surface area contributed by atoms with Gasteiger partial charge in [0.05, 0.1) is 6.04 Å². The smallest absolute Gasteiger partial charge is 0.160 e. The first-order valence-corrected chi connectivity index (χ1v) is 6.52. The molecule has 18 heavy (non-hydrogen) atoms. The largest absolute Gasteiger partial charge is 0.321 e. The third-order valence-corrected chi connectivity index (χ3v) is 3.19. The topological polar surface area (TPSA) is 56.7 Å². The minimum Gasteiger partial charge on any atom is -0.321 e. The highest BCUT2D eigenvalue weighted by Gasteiger charge is 2.27.